The zero-order valence-corrected chi connectivity index (χ0v) is 12.7. The number of ether oxygens (including phenoxy) is 1. The van der Waals surface area contributed by atoms with Gasteiger partial charge < -0.3 is 10.1 Å². The lowest BCUT2D eigenvalue weighted by molar-refractivity contribution is -0.115. The van der Waals surface area contributed by atoms with E-state index in [2.05, 4.69) is 10.1 Å². The van der Waals surface area contributed by atoms with E-state index < -0.39 is 6.61 Å². The van der Waals surface area contributed by atoms with Crippen molar-refractivity contribution in [2.24, 2.45) is 0 Å². The molecule has 0 saturated heterocycles. The molecule has 0 atom stereocenters. The van der Waals surface area contributed by atoms with Crippen LogP contribution in [-0.4, -0.2) is 12.5 Å². The summed E-state index contributed by atoms with van der Waals surface area (Å²) in [4.78, 5) is 11.9. The van der Waals surface area contributed by atoms with Gasteiger partial charge in [0.2, 0.25) is 5.91 Å². The van der Waals surface area contributed by atoms with Crippen molar-refractivity contribution in [1.29, 1.82) is 0 Å². The van der Waals surface area contributed by atoms with Gasteiger partial charge in [0, 0.05) is 5.69 Å². The maximum Gasteiger partial charge on any atom is 0.387 e. The van der Waals surface area contributed by atoms with Crippen LogP contribution in [0.25, 0.3) is 0 Å². The summed E-state index contributed by atoms with van der Waals surface area (Å²) in [6, 6.07) is 10.6. The number of carbonyl (C=O) groups excluding carboxylic acids is 1. The fourth-order valence-electron chi connectivity index (χ4n) is 1.75. The van der Waals surface area contributed by atoms with Gasteiger partial charge in [0.25, 0.3) is 0 Å². The minimum absolute atomic E-state index is 0.0450. The summed E-state index contributed by atoms with van der Waals surface area (Å²) in [5, 5.41) is 3.41. The number of carbonyl (C=O) groups is 1. The van der Waals surface area contributed by atoms with Crippen molar-refractivity contribution >= 4 is 34.8 Å². The fraction of sp³-hybridized carbons (Fsp3) is 0.133. The molecule has 0 aliphatic heterocycles. The zero-order valence-electron chi connectivity index (χ0n) is 11.2. The topological polar surface area (TPSA) is 38.3 Å². The monoisotopic (exact) mass is 345 g/mol. The Bertz CT molecular complexity index is 663. The molecule has 0 aliphatic carbocycles. The van der Waals surface area contributed by atoms with Gasteiger partial charge in [0.1, 0.15) is 5.75 Å². The molecular weight excluding hydrogens is 335 g/mol. The molecule has 116 valence electrons. The first kappa shape index (κ1) is 16.5. The van der Waals surface area contributed by atoms with Crippen molar-refractivity contribution in [2.45, 2.75) is 13.0 Å². The summed E-state index contributed by atoms with van der Waals surface area (Å²) < 4.78 is 28.3. The summed E-state index contributed by atoms with van der Waals surface area (Å²) in [6.07, 6.45) is 0.0925. The Balaban J connectivity index is 1.95. The second kappa shape index (κ2) is 7.42. The maximum absolute atomic E-state index is 12.0. The summed E-state index contributed by atoms with van der Waals surface area (Å²) in [5.74, 6) is -0.218. The smallest absolute Gasteiger partial charge is 0.387 e. The minimum atomic E-state index is -2.87. The largest absolute Gasteiger partial charge is 0.435 e. The zero-order chi connectivity index (χ0) is 16.1. The number of amides is 1. The van der Waals surface area contributed by atoms with Crippen LogP contribution in [0.5, 0.6) is 5.75 Å². The van der Waals surface area contributed by atoms with E-state index in [0.29, 0.717) is 21.3 Å². The van der Waals surface area contributed by atoms with E-state index in [1.165, 1.54) is 12.1 Å². The van der Waals surface area contributed by atoms with Gasteiger partial charge in [-0.15, -0.1) is 0 Å². The number of rotatable bonds is 5. The number of anilines is 1. The van der Waals surface area contributed by atoms with E-state index in [-0.39, 0.29) is 18.1 Å². The fourth-order valence-corrected chi connectivity index (χ4v) is 2.05. The standard InChI is InChI=1S/C15H11Cl2F2NO2/c16-12-6-3-10(8-13(12)17)20-14(21)7-9-1-4-11(5-2-9)22-15(18)19/h1-6,8,15H,7H2,(H,20,21). The van der Waals surface area contributed by atoms with Crippen LogP contribution in [0.3, 0.4) is 0 Å². The molecule has 2 aromatic rings. The summed E-state index contributed by atoms with van der Waals surface area (Å²) in [7, 11) is 0. The average Bonchev–Trinajstić information content (AvgIpc) is 2.44. The number of hydrogen-bond acceptors (Lipinski definition) is 2. The average molecular weight is 346 g/mol. The van der Waals surface area contributed by atoms with Crippen LogP contribution in [0.4, 0.5) is 14.5 Å². The van der Waals surface area contributed by atoms with Gasteiger partial charge >= 0.3 is 6.61 Å². The molecule has 2 rings (SSSR count). The summed E-state index contributed by atoms with van der Waals surface area (Å²) in [6.45, 7) is -2.87. The lowest BCUT2D eigenvalue weighted by Crippen LogP contribution is -2.14. The van der Waals surface area contributed by atoms with Crippen molar-refractivity contribution in [2.75, 3.05) is 5.32 Å². The Labute approximate surface area is 135 Å². The molecular formula is C15H11Cl2F2NO2. The summed E-state index contributed by atoms with van der Waals surface area (Å²) >= 11 is 11.6. The number of benzene rings is 2. The van der Waals surface area contributed by atoms with Crippen LogP contribution in [0.1, 0.15) is 5.56 Å². The highest BCUT2D eigenvalue weighted by atomic mass is 35.5. The first-order chi connectivity index (χ1) is 10.4. The van der Waals surface area contributed by atoms with E-state index in [0.717, 1.165) is 0 Å². The lowest BCUT2D eigenvalue weighted by atomic mass is 10.1. The summed E-state index contributed by atoms with van der Waals surface area (Å²) in [5.41, 5.74) is 1.19. The lowest BCUT2D eigenvalue weighted by Gasteiger charge is -2.08. The van der Waals surface area contributed by atoms with Crippen LogP contribution in [-0.2, 0) is 11.2 Å². The van der Waals surface area contributed by atoms with Gasteiger partial charge in [-0.1, -0.05) is 35.3 Å². The van der Waals surface area contributed by atoms with Crippen LogP contribution < -0.4 is 10.1 Å². The minimum Gasteiger partial charge on any atom is -0.435 e. The molecule has 0 aromatic heterocycles. The third-order valence-electron chi connectivity index (χ3n) is 2.72. The molecule has 0 spiro atoms. The molecule has 1 amide bonds. The molecule has 2 aromatic carbocycles. The molecule has 0 radical (unpaired) electrons. The Hall–Kier alpha value is -1.85. The highest BCUT2D eigenvalue weighted by Gasteiger charge is 2.08. The van der Waals surface area contributed by atoms with E-state index in [9.17, 15) is 13.6 Å². The maximum atomic E-state index is 12.0. The first-order valence-electron chi connectivity index (χ1n) is 6.22. The second-order valence-corrected chi connectivity index (χ2v) is 5.19. The van der Waals surface area contributed by atoms with Gasteiger partial charge in [0.05, 0.1) is 16.5 Å². The molecule has 0 heterocycles. The van der Waals surface area contributed by atoms with Gasteiger partial charge in [-0.05, 0) is 35.9 Å². The normalized spacial score (nSPS) is 10.6. The second-order valence-electron chi connectivity index (χ2n) is 4.38. The third-order valence-corrected chi connectivity index (χ3v) is 3.46. The first-order valence-corrected chi connectivity index (χ1v) is 6.98. The molecule has 0 aliphatic rings. The Kier molecular flexibility index (Phi) is 5.57. The van der Waals surface area contributed by atoms with Crippen molar-refractivity contribution in [3.05, 3.63) is 58.1 Å². The van der Waals surface area contributed by atoms with Crippen molar-refractivity contribution in [1.82, 2.24) is 0 Å². The highest BCUT2D eigenvalue weighted by molar-refractivity contribution is 6.42. The van der Waals surface area contributed by atoms with E-state index >= 15 is 0 Å². The molecule has 0 saturated carbocycles. The molecule has 0 fully saturated rings. The van der Waals surface area contributed by atoms with Crippen LogP contribution in [0, 0.1) is 0 Å². The Morgan fingerprint density at radius 1 is 1.09 bits per heavy atom. The molecule has 3 nitrogen and oxygen atoms in total. The van der Waals surface area contributed by atoms with E-state index in [1.807, 2.05) is 0 Å². The van der Waals surface area contributed by atoms with Crippen molar-refractivity contribution < 1.29 is 18.3 Å². The van der Waals surface area contributed by atoms with E-state index in [4.69, 9.17) is 23.2 Å². The SMILES string of the molecule is O=C(Cc1ccc(OC(F)F)cc1)Nc1ccc(Cl)c(Cl)c1. The number of alkyl halides is 2. The van der Waals surface area contributed by atoms with Crippen LogP contribution >= 0.6 is 23.2 Å². The van der Waals surface area contributed by atoms with Crippen LogP contribution in [0.2, 0.25) is 10.0 Å². The van der Waals surface area contributed by atoms with Gasteiger partial charge in [-0.3, -0.25) is 4.79 Å². The van der Waals surface area contributed by atoms with Gasteiger partial charge in [0.15, 0.2) is 0 Å². The molecule has 1 N–H and O–H groups in total. The molecule has 0 bridgehead atoms. The van der Waals surface area contributed by atoms with Gasteiger partial charge in [-0.25, -0.2) is 0 Å². The van der Waals surface area contributed by atoms with Crippen LogP contribution in [0.15, 0.2) is 42.5 Å². The number of hydrogen-bond donors (Lipinski definition) is 1. The Morgan fingerprint density at radius 2 is 1.77 bits per heavy atom. The Morgan fingerprint density at radius 3 is 2.36 bits per heavy atom. The van der Waals surface area contributed by atoms with E-state index in [1.54, 1.807) is 30.3 Å². The molecule has 0 unspecified atom stereocenters. The van der Waals surface area contributed by atoms with Crippen molar-refractivity contribution in [3.63, 3.8) is 0 Å². The molecule has 22 heavy (non-hydrogen) atoms. The predicted octanol–water partition coefficient (Wildman–Crippen LogP) is 4.78. The number of halogens is 4. The quantitative estimate of drug-likeness (QED) is 0.847. The molecule has 7 heteroatoms. The predicted molar refractivity (Wildman–Crippen MR) is 81.9 cm³/mol. The van der Waals surface area contributed by atoms with Crippen molar-refractivity contribution in [3.8, 4) is 5.75 Å². The highest BCUT2D eigenvalue weighted by Crippen LogP contribution is 2.25. The van der Waals surface area contributed by atoms with Gasteiger partial charge in [-0.2, -0.15) is 8.78 Å². The third kappa shape index (κ3) is 4.86. The number of nitrogens with one attached hydrogen (secondary N) is 1.